The third-order valence-corrected chi connectivity index (χ3v) is 5.36. The second-order valence-electron chi connectivity index (χ2n) is 7.11. The number of hydrogen-bond donors (Lipinski definition) is 1. The normalized spacial score (nSPS) is 23.7. The van der Waals surface area contributed by atoms with Crippen molar-refractivity contribution in [3.05, 3.63) is 29.8 Å². The summed E-state index contributed by atoms with van der Waals surface area (Å²) >= 11 is 0. The van der Waals surface area contributed by atoms with E-state index in [9.17, 15) is 22.8 Å². The van der Waals surface area contributed by atoms with Crippen LogP contribution in [0.25, 0.3) is 0 Å². The van der Waals surface area contributed by atoms with Crippen molar-refractivity contribution in [3.63, 3.8) is 0 Å². The average molecular weight is 368 g/mol. The number of carbonyl (C=O) groups is 2. The minimum absolute atomic E-state index is 0.0559. The highest BCUT2D eigenvalue weighted by Gasteiger charge is 2.36. The standard InChI is InChI=1S/C19H23F3N2O2/c20-19(21,22)15-5-1-2-6-16(15)23-17(25)13-7-9-14(10-8-13)18(26)24-11-3-4-12-24/h1-2,5-6,13-14H,3-4,7-12H2,(H,23,25). The summed E-state index contributed by atoms with van der Waals surface area (Å²) in [6, 6.07) is 4.99. The summed E-state index contributed by atoms with van der Waals surface area (Å²) in [5.74, 6) is -0.629. The molecule has 0 radical (unpaired) electrons. The van der Waals surface area contributed by atoms with Gasteiger partial charge in [0.15, 0.2) is 0 Å². The predicted molar refractivity (Wildman–Crippen MR) is 91.3 cm³/mol. The monoisotopic (exact) mass is 368 g/mol. The van der Waals surface area contributed by atoms with E-state index in [1.165, 1.54) is 18.2 Å². The van der Waals surface area contributed by atoms with Gasteiger partial charge in [-0.25, -0.2) is 0 Å². The molecule has 2 aliphatic rings. The Morgan fingerprint density at radius 3 is 2.15 bits per heavy atom. The summed E-state index contributed by atoms with van der Waals surface area (Å²) in [5, 5.41) is 2.43. The zero-order chi connectivity index (χ0) is 18.7. The Labute approximate surface area is 150 Å². The zero-order valence-electron chi connectivity index (χ0n) is 14.5. The number of alkyl halides is 3. The Bertz CT molecular complexity index is 661. The molecule has 1 aromatic rings. The lowest BCUT2D eigenvalue weighted by Gasteiger charge is -2.30. The van der Waals surface area contributed by atoms with Crippen LogP contribution < -0.4 is 5.32 Å². The molecule has 7 heteroatoms. The highest BCUT2D eigenvalue weighted by atomic mass is 19.4. The van der Waals surface area contributed by atoms with Crippen LogP contribution in [-0.2, 0) is 15.8 Å². The Kier molecular flexibility index (Phi) is 5.53. The van der Waals surface area contributed by atoms with Gasteiger partial charge in [0.05, 0.1) is 11.3 Å². The van der Waals surface area contributed by atoms with Crippen LogP contribution in [0.3, 0.4) is 0 Å². The van der Waals surface area contributed by atoms with Gasteiger partial charge in [-0.2, -0.15) is 13.2 Å². The van der Waals surface area contributed by atoms with E-state index >= 15 is 0 Å². The fraction of sp³-hybridized carbons (Fsp3) is 0.579. The number of likely N-dealkylation sites (tertiary alicyclic amines) is 1. The minimum atomic E-state index is -4.51. The summed E-state index contributed by atoms with van der Waals surface area (Å²) in [7, 11) is 0. The first kappa shape index (κ1) is 18.7. The van der Waals surface area contributed by atoms with Crippen molar-refractivity contribution in [2.45, 2.75) is 44.7 Å². The molecule has 2 fully saturated rings. The van der Waals surface area contributed by atoms with E-state index < -0.39 is 17.6 Å². The van der Waals surface area contributed by atoms with Crippen LogP contribution in [-0.4, -0.2) is 29.8 Å². The maximum absolute atomic E-state index is 13.0. The van der Waals surface area contributed by atoms with Gasteiger partial charge in [0.1, 0.15) is 0 Å². The predicted octanol–water partition coefficient (Wildman–Crippen LogP) is 4.07. The number of benzene rings is 1. The van der Waals surface area contributed by atoms with Crippen molar-refractivity contribution in [3.8, 4) is 0 Å². The third kappa shape index (κ3) is 4.19. The molecule has 0 spiro atoms. The van der Waals surface area contributed by atoms with E-state index in [0.717, 1.165) is 32.0 Å². The van der Waals surface area contributed by atoms with Crippen LogP contribution in [0.5, 0.6) is 0 Å². The van der Waals surface area contributed by atoms with E-state index in [4.69, 9.17) is 0 Å². The van der Waals surface area contributed by atoms with Crippen LogP contribution >= 0.6 is 0 Å². The molecule has 0 unspecified atom stereocenters. The van der Waals surface area contributed by atoms with Gasteiger partial charge in [-0.15, -0.1) is 0 Å². The molecule has 2 amide bonds. The van der Waals surface area contributed by atoms with Crippen molar-refractivity contribution >= 4 is 17.5 Å². The van der Waals surface area contributed by atoms with Crippen molar-refractivity contribution in [2.24, 2.45) is 11.8 Å². The Hall–Kier alpha value is -2.05. The van der Waals surface area contributed by atoms with Crippen LogP contribution in [0.15, 0.2) is 24.3 Å². The van der Waals surface area contributed by atoms with Crippen molar-refractivity contribution in [1.29, 1.82) is 0 Å². The molecule has 1 aliphatic heterocycles. The molecule has 1 N–H and O–H groups in total. The number of carbonyl (C=O) groups excluding carboxylic acids is 2. The second-order valence-corrected chi connectivity index (χ2v) is 7.11. The highest BCUT2D eigenvalue weighted by molar-refractivity contribution is 5.93. The molecule has 1 heterocycles. The molecule has 26 heavy (non-hydrogen) atoms. The molecule has 142 valence electrons. The smallest absolute Gasteiger partial charge is 0.342 e. The highest BCUT2D eigenvalue weighted by Crippen LogP contribution is 2.36. The summed E-state index contributed by atoms with van der Waals surface area (Å²) < 4.78 is 39.1. The Morgan fingerprint density at radius 1 is 0.962 bits per heavy atom. The lowest BCUT2D eigenvalue weighted by atomic mass is 9.81. The molecule has 0 bridgehead atoms. The third-order valence-electron chi connectivity index (χ3n) is 5.36. The molecule has 1 saturated carbocycles. The lowest BCUT2D eigenvalue weighted by Crippen LogP contribution is -2.37. The van der Waals surface area contributed by atoms with Gasteiger partial charge in [-0.3, -0.25) is 9.59 Å². The summed E-state index contributed by atoms with van der Waals surface area (Å²) in [6.45, 7) is 1.63. The van der Waals surface area contributed by atoms with E-state index in [-0.39, 0.29) is 23.4 Å². The molecule has 1 saturated heterocycles. The van der Waals surface area contributed by atoms with Gasteiger partial charge in [-0.1, -0.05) is 12.1 Å². The number of halogens is 3. The maximum atomic E-state index is 13.0. The zero-order valence-corrected chi connectivity index (χ0v) is 14.5. The maximum Gasteiger partial charge on any atom is 0.418 e. The molecule has 3 rings (SSSR count). The van der Waals surface area contributed by atoms with Gasteiger partial charge < -0.3 is 10.2 Å². The van der Waals surface area contributed by atoms with E-state index in [1.807, 2.05) is 4.90 Å². The number of para-hydroxylation sites is 1. The van der Waals surface area contributed by atoms with E-state index in [1.54, 1.807) is 0 Å². The number of anilines is 1. The fourth-order valence-electron chi connectivity index (χ4n) is 3.87. The average Bonchev–Trinajstić information content (AvgIpc) is 3.15. The van der Waals surface area contributed by atoms with Crippen LogP contribution in [0.4, 0.5) is 18.9 Å². The Morgan fingerprint density at radius 2 is 1.54 bits per heavy atom. The number of rotatable bonds is 3. The van der Waals surface area contributed by atoms with E-state index in [0.29, 0.717) is 25.7 Å². The lowest BCUT2D eigenvalue weighted by molar-refractivity contribution is -0.138. The van der Waals surface area contributed by atoms with Crippen LogP contribution in [0, 0.1) is 11.8 Å². The molecular weight excluding hydrogens is 345 g/mol. The van der Waals surface area contributed by atoms with Gasteiger partial charge in [0.2, 0.25) is 11.8 Å². The molecule has 1 aromatic carbocycles. The van der Waals surface area contributed by atoms with Crippen molar-refractivity contribution in [1.82, 2.24) is 4.90 Å². The van der Waals surface area contributed by atoms with Gasteiger partial charge in [0.25, 0.3) is 0 Å². The number of nitrogens with one attached hydrogen (secondary N) is 1. The summed E-state index contributed by atoms with van der Waals surface area (Å²) in [6.07, 6.45) is -0.120. The number of nitrogens with zero attached hydrogens (tertiary/aromatic N) is 1. The van der Waals surface area contributed by atoms with Crippen molar-refractivity contribution < 1.29 is 22.8 Å². The van der Waals surface area contributed by atoms with Crippen LogP contribution in [0.2, 0.25) is 0 Å². The van der Waals surface area contributed by atoms with E-state index in [2.05, 4.69) is 5.32 Å². The first-order valence-corrected chi connectivity index (χ1v) is 9.12. The number of hydrogen-bond acceptors (Lipinski definition) is 2. The topological polar surface area (TPSA) is 49.4 Å². The molecule has 0 atom stereocenters. The quantitative estimate of drug-likeness (QED) is 0.874. The molecule has 4 nitrogen and oxygen atoms in total. The first-order chi connectivity index (χ1) is 12.4. The van der Waals surface area contributed by atoms with Gasteiger partial charge >= 0.3 is 6.18 Å². The molecular formula is C19H23F3N2O2. The molecule has 0 aromatic heterocycles. The van der Waals surface area contributed by atoms with Gasteiger partial charge in [0, 0.05) is 24.9 Å². The van der Waals surface area contributed by atoms with Gasteiger partial charge in [-0.05, 0) is 50.7 Å². The second kappa shape index (κ2) is 7.68. The number of amides is 2. The summed E-state index contributed by atoms with van der Waals surface area (Å²) in [5.41, 5.74) is -1.05. The first-order valence-electron chi connectivity index (χ1n) is 9.12. The SMILES string of the molecule is O=C(Nc1ccccc1C(F)(F)F)C1CCC(C(=O)N2CCCC2)CC1. The summed E-state index contributed by atoms with van der Waals surface area (Å²) in [4.78, 5) is 26.7. The van der Waals surface area contributed by atoms with Crippen molar-refractivity contribution in [2.75, 3.05) is 18.4 Å². The minimum Gasteiger partial charge on any atom is -0.342 e. The Balaban J connectivity index is 1.57. The van der Waals surface area contributed by atoms with Crippen LogP contribution in [0.1, 0.15) is 44.1 Å². The molecule has 1 aliphatic carbocycles. The largest absolute Gasteiger partial charge is 0.418 e. The fourth-order valence-corrected chi connectivity index (χ4v) is 3.87.